The second-order valence-corrected chi connectivity index (χ2v) is 9.61. The second kappa shape index (κ2) is 9.09. The van der Waals surface area contributed by atoms with Gasteiger partial charge in [-0.25, -0.2) is 13.4 Å². The molecule has 0 aliphatic rings. The summed E-state index contributed by atoms with van der Waals surface area (Å²) < 4.78 is 34.9. The van der Waals surface area contributed by atoms with E-state index >= 15 is 0 Å². The standard InChI is InChI=1S/C22H23N3O3S2/c1-28-15-14-24(30(26,27)20-10-6-3-7-11-20)13-12-19-17-29-22-23-21(16-25(19)22)18-8-4-2-5-9-18/h2-11,16-17H,12-15H2,1H3. The molecule has 0 amide bonds. The minimum Gasteiger partial charge on any atom is -0.383 e. The SMILES string of the molecule is COCCN(CCc1csc2nc(-c3ccccc3)cn12)S(=O)(=O)c1ccccc1. The van der Waals surface area contributed by atoms with Gasteiger partial charge in [0.2, 0.25) is 10.0 Å². The molecule has 0 bridgehead atoms. The summed E-state index contributed by atoms with van der Waals surface area (Å²) in [5.41, 5.74) is 3.01. The van der Waals surface area contributed by atoms with Gasteiger partial charge in [-0.15, -0.1) is 11.3 Å². The van der Waals surface area contributed by atoms with E-state index in [1.54, 1.807) is 42.7 Å². The molecular formula is C22H23N3O3S2. The molecule has 0 radical (unpaired) electrons. The third-order valence-corrected chi connectivity index (χ3v) is 7.70. The van der Waals surface area contributed by atoms with Crippen LogP contribution < -0.4 is 0 Å². The Morgan fingerprint density at radius 1 is 1.03 bits per heavy atom. The molecule has 30 heavy (non-hydrogen) atoms. The van der Waals surface area contributed by atoms with Gasteiger partial charge in [0.25, 0.3) is 0 Å². The molecule has 0 aliphatic carbocycles. The van der Waals surface area contributed by atoms with Crippen molar-refractivity contribution in [1.82, 2.24) is 13.7 Å². The van der Waals surface area contributed by atoms with E-state index < -0.39 is 10.0 Å². The Morgan fingerprint density at radius 2 is 1.73 bits per heavy atom. The first kappa shape index (κ1) is 20.7. The Labute approximate surface area is 180 Å². The lowest BCUT2D eigenvalue weighted by molar-refractivity contribution is 0.179. The van der Waals surface area contributed by atoms with Gasteiger partial charge in [-0.1, -0.05) is 48.5 Å². The van der Waals surface area contributed by atoms with Gasteiger partial charge in [0.1, 0.15) is 0 Å². The van der Waals surface area contributed by atoms with E-state index in [4.69, 9.17) is 9.72 Å². The lowest BCUT2D eigenvalue weighted by Gasteiger charge is -2.21. The van der Waals surface area contributed by atoms with Crippen LogP contribution in [-0.4, -0.2) is 48.9 Å². The molecule has 0 N–H and O–H groups in total. The van der Waals surface area contributed by atoms with Crippen molar-refractivity contribution in [2.24, 2.45) is 0 Å². The summed E-state index contributed by atoms with van der Waals surface area (Å²) in [6, 6.07) is 18.6. The zero-order valence-electron chi connectivity index (χ0n) is 16.6. The van der Waals surface area contributed by atoms with Crippen LogP contribution in [0.25, 0.3) is 16.2 Å². The molecule has 6 nitrogen and oxygen atoms in total. The van der Waals surface area contributed by atoms with Gasteiger partial charge in [0, 0.05) is 49.5 Å². The number of thiazole rings is 1. The maximum atomic E-state index is 13.1. The molecule has 0 fully saturated rings. The van der Waals surface area contributed by atoms with Crippen molar-refractivity contribution < 1.29 is 13.2 Å². The largest absolute Gasteiger partial charge is 0.383 e. The highest BCUT2D eigenvalue weighted by Crippen LogP contribution is 2.24. The molecule has 0 spiro atoms. The number of ether oxygens (including phenoxy) is 1. The fourth-order valence-electron chi connectivity index (χ4n) is 3.28. The van der Waals surface area contributed by atoms with Crippen LogP contribution in [0.3, 0.4) is 0 Å². The Kier molecular flexibility index (Phi) is 6.29. The van der Waals surface area contributed by atoms with E-state index in [0.29, 0.717) is 31.0 Å². The van der Waals surface area contributed by atoms with Crippen LogP contribution in [0, 0.1) is 0 Å². The smallest absolute Gasteiger partial charge is 0.243 e. The van der Waals surface area contributed by atoms with Crippen LogP contribution in [0.1, 0.15) is 5.69 Å². The second-order valence-electron chi connectivity index (χ2n) is 6.83. The van der Waals surface area contributed by atoms with E-state index in [-0.39, 0.29) is 0 Å². The highest BCUT2D eigenvalue weighted by molar-refractivity contribution is 7.89. The van der Waals surface area contributed by atoms with Crippen molar-refractivity contribution in [3.05, 3.63) is 77.9 Å². The van der Waals surface area contributed by atoms with E-state index in [2.05, 4.69) is 4.40 Å². The summed E-state index contributed by atoms with van der Waals surface area (Å²) in [6.45, 7) is 1.01. The minimum atomic E-state index is -3.59. The first-order chi connectivity index (χ1) is 14.6. The fraction of sp³-hybridized carbons (Fsp3) is 0.227. The topological polar surface area (TPSA) is 63.9 Å². The lowest BCUT2D eigenvalue weighted by Crippen LogP contribution is -2.35. The van der Waals surface area contributed by atoms with Gasteiger partial charge >= 0.3 is 0 Å². The first-order valence-corrected chi connectivity index (χ1v) is 12.0. The van der Waals surface area contributed by atoms with Crippen LogP contribution in [0.4, 0.5) is 0 Å². The van der Waals surface area contributed by atoms with Crippen LogP contribution in [0.5, 0.6) is 0 Å². The first-order valence-electron chi connectivity index (χ1n) is 9.64. The molecule has 156 valence electrons. The molecule has 4 rings (SSSR count). The number of hydrogen-bond acceptors (Lipinski definition) is 5. The number of methoxy groups -OCH3 is 1. The average Bonchev–Trinajstić information content (AvgIpc) is 3.36. The predicted octanol–water partition coefficient (Wildman–Crippen LogP) is 3.94. The van der Waals surface area contributed by atoms with Crippen molar-refractivity contribution in [2.45, 2.75) is 11.3 Å². The van der Waals surface area contributed by atoms with E-state index in [1.165, 1.54) is 4.31 Å². The molecule has 2 aromatic carbocycles. The summed E-state index contributed by atoms with van der Waals surface area (Å²) in [5.74, 6) is 0. The molecule has 2 aromatic heterocycles. The third-order valence-electron chi connectivity index (χ3n) is 4.90. The van der Waals surface area contributed by atoms with Gasteiger partial charge in [0.15, 0.2) is 4.96 Å². The van der Waals surface area contributed by atoms with E-state index in [9.17, 15) is 8.42 Å². The van der Waals surface area contributed by atoms with Crippen molar-refractivity contribution in [3.63, 3.8) is 0 Å². The number of nitrogens with zero attached hydrogens (tertiary/aromatic N) is 3. The number of rotatable bonds is 9. The molecule has 0 unspecified atom stereocenters. The number of imidazole rings is 1. The minimum absolute atomic E-state index is 0.297. The van der Waals surface area contributed by atoms with E-state index in [0.717, 1.165) is 21.9 Å². The summed E-state index contributed by atoms with van der Waals surface area (Å²) in [4.78, 5) is 5.90. The summed E-state index contributed by atoms with van der Waals surface area (Å²) in [5, 5.41) is 2.04. The molecule has 0 aliphatic heterocycles. The third kappa shape index (κ3) is 4.32. The van der Waals surface area contributed by atoms with Crippen LogP contribution >= 0.6 is 11.3 Å². The summed E-state index contributed by atoms with van der Waals surface area (Å²) in [7, 11) is -2.01. The summed E-state index contributed by atoms with van der Waals surface area (Å²) >= 11 is 1.56. The number of aromatic nitrogens is 2. The van der Waals surface area contributed by atoms with Crippen LogP contribution in [-0.2, 0) is 21.2 Å². The molecular weight excluding hydrogens is 418 g/mol. The maximum Gasteiger partial charge on any atom is 0.243 e. The van der Waals surface area contributed by atoms with Gasteiger partial charge in [0.05, 0.1) is 17.2 Å². The molecule has 4 aromatic rings. The average molecular weight is 442 g/mol. The highest BCUT2D eigenvalue weighted by atomic mass is 32.2. The number of hydrogen-bond donors (Lipinski definition) is 0. The molecule has 8 heteroatoms. The van der Waals surface area contributed by atoms with Crippen LogP contribution in [0.2, 0.25) is 0 Å². The molecule has 0 saturated heterocycles. The van der Waals surface area contributed by atoms with Crippen LogP contribution in [0.15, 0.2) is 77.1 Å². The normalized spacial score (nSPS) is 12.1. The molecule has 0 saturated carbocycles. The lowest BCUT2D eigenvalue weighted by atomic mass is 10.2. The Bertz CT molecular complexity index is 1200. The van der Waals surface area contributed by atoms with Crippen molar-refractivity contribution in [3.8, 4) is 11.3 Å². The number of sulfonamides is 1. The predicted molar refractivity (Wildman–Crippen MR) is 119 cm³/mol. The van der Waals surface area contributed by atoms with Gasteiger partial charge < -0.3 is 4.74 Å². The Balaban J connectivity index is 1.56. The van der Waals surface area contributed by atoms with E-state index in [1.807, 2.05) is 48.0 Å². The van der Waals surface area contributed by atoms with Crippen molar-refractivity contribution >= 4 is 26.3 Å². The van der Waals surface area contributed by atoms with Gasteiger partial charge in [-0.3, -0.25) is 4.40 Å². The zero-order valence-corrected chi connectivity index (χ0v) is 18.3. The Hall–Kier alpha value is -2.52. The fourth-order valence-corrected chi connectivity index (χ4v) is 5.64. The zero-order chi connectivity index (χ0) is 21.0. The highest BCUT2D eigenvalue weighted by Gasteiger charge is 2.24. The Morgan fingerprint density at radius 3 is 2.43 bits per heavy atom. The monoisotopic (exact) mass is 441 g/mol. The summed E-state index contributed by atoms with van der Waals surface area (Å²) in [6.07, 6.45) is 2.60. The maximum absolute atomic E-state index is 13.1. The molecule has 0 atom stereocenters. The number of benzene rings is 2. The van der Waals surface area contributed by atoms with Gasteiger partial charge in [-0.05, 0) is 12.1 Å². The number of fused-ring (bicyclic) bond motifs is 1. The van der Waals surface area contributed by atoms with Crippen molar-refractivity contribution in [1.29, 1.82) is 0 Å². The quantitative estimate of drug-likeness (QED) is 0.395. The van der Waals surface area contributed by atoms with Gasteiger partial charge in [-0.2, -0.15) is 4.31 Å². The molecule has 2 heterocycles. The van der Waals surface area contributed by atoms with Crippen molar-refractivity contribution in [2.75, 3.05) is 26.8 Å².